The average Bonchev–Trinajstić information content (AvgIpc) is 2.40. The molecule has 0 atom stereocenters. The predicted octanol–water partition coefficient (Wildman–Crippen LogP) is 3.11. The van der Waals surface area contributed by atoms with Crippen molar-refractivity contribution in [2.45, 2.75) is 13.8 Å². The number of benzene rings is 1. The van der Waals surface area contributed by atoms with Crippen molar-refractivity contribution in [2.24, 2.45) is 0 Å². The Labute approximate surface area is 113 Å². The first-order chi connectivity index (χ1) is 9.11. The van der Waals surface area contributed by atoms with E-state index in [0.717, 1.165) is 0 Å². The van der Waals surface area contributed by atoms with E-state index in [9.17, 15) is 9.36 Å². The van der Waals surface area contributed by atoms with Gasteiger partial charge in [-0.2, -0.15) is 0 Å². The van der Waals surface area contributed by atoms with Crippen molar-refractivity contribution in [3.05, 3.63) is 35.9 Å². The molecule has 0 spiro atoms. The van der Waals surface area contributed by atoms with Crippen LogP contribution in [0, 0.1) is 0 Å². The van der Waals surface area contributed by atoms with E-state index in [4.69, 9.17) is 13.8 Å². The van der Waals surface area contributed by atoms with E-state index in [1.54, 1.807) is 38.1 Å². The molecule has 0 aliphatic rings. The fraction of sp³-hybridized carbons (Fsp3) is 0.462. The summed E-state index contributed by atoms with van der Waals surface area (Å²) in [5.41, 5.74) is 0.463. The third-order valence-corrected chi connectivity index (χ3v) is 4.29. The Bertz CT molecular complexity index is 422. The van der Waals surface area contributed by atoms with Gasteiger partial charge >= 0.3 is 13.6 Å². The van der Waals surface area contributed by atoms with Crippen LogP contribution in [0.3, 0.4) is 0 Å². The molecule has 0 unspecified atom stereocenters. The molecule has 0 saturated carbocycles. The highest BCUT2D eigenvalue weighted by molar-refractivity contribution is 7.53. The molecule has 0 radical (unpaired) electrons. The first-order valence-corrected chi connectivity index (χ1v) is 7.94. The van der Waals surface area contributed by atoms with Gasteiger partial charge in [0.05, 0.1) is 24.9 Å². The lowest BCUT2D eigenvalue weighted by Crippen LogP contribution is -2.11. The number of rotatable bonds is 8. The van der Waals surface area contributed by atoms with Gasteiger partial charge in [-0.15, -0.1) is 0 Å². The highest BCUT2D eigenvalue weighted by Crippen LogP contribution is 2.47. The number of ether oxygens (including phenoxy) is 1. The largest absolute Gasteiger partial charge is 0.461 e. The van der Waals surface area contributed by atoms with Gasteiger partial charge in [0.2, 0.25) is 0 Å². The molecule has 0 fully saturated rings. The maximum Gasteiger partial charge on any atom is 0.338 e. The minimum Gasteiger partial charge on any atom is -0.461 e. The highest BCUT2D eigenvalue weighted by atomic mass is 31.2. The summed E-state index contributed by atoms with van der Waals surface area (Å²) in [5.74, 6) is -0.444. The third-order valence-electron chi connectivity index (χ3n) is 2.26. The van der Waals surface area contributed by atoms with Crippen molar-refractivity contribution in [3.63, 3.8) is 0 Å². The lowest BCUT2D eigenvalue weighted by Gasteiger charge is -2.16. The first-order valence-electron chi connectivity index (χ1n) is 6.21. The van der Waals surface area contributed by atoms with Gasteiger partial charge in [0.15, 0.2) is 0 Å². The Morgan fingerprint density at radius 1 is 1.11 bits per heavy atom. The first kappa shape index (κ1) is 15.9. The van der Waals surface area contributed by atoms with Crippen molar-refractivity contribution >= 4 is 13.6 Å². The van der Waals surface area contributed by atoms with Gasteiger partial charge < -0.3 is 13.8 Å². The van der Waals surface area contributed by atoms with Gasteiger partial charge in [-0.1, -0.05) is 18.2 Å². The van der Waals surface area contributed by atoms with Gasteiger partial charge in [-0.05, 0) is 26.0 Å². The van der Waals surface area contributed by atoms with Crippen LogP contribution in [0.1, 0.15) is 24.2 Å². The zero-order valence-electron chi connectivity index (χ0n) is 11.2. The van der Waals surface area contributed by atoms with Crippen LogP contribution in [0.25, 0.3) is 0 Å². The SMILES string of the molecule is CCOP(=O)(CCOC(=O)c1ccccc1)OCC. The summed E-state index contributed by atoms with van der Waals surface area (Å²) >= 11 is 0. The number of esters is 1. The molecule has 1 rings (SSSR count). The molecular formula is C13H19O5P. The molecule has 0 heterocycles. The van der Waals surface area contributed by atoms with Crippen molar-refractivity contribution in [1.29, 1.82) is 0 Å². The molecule has 19 heavy (non-hydrogen) atoms. The van der Waals surface area contributed by atoms with Gasteiger partial charge in [-0.25, -0.2) is 4.79 Å². The second kappa shape index (κ2) is 8.10. The minimum absolute atomic E-state index is 0.00497. The maximum absolute atomic E-state index is 12.1. The van der Waals surface area contributed by atoms with E-state index in [1.807, 2.05) is 6.07 Å². The molecule has 0 aromatic heterocycles. The van der Waals surface area contributed by atoms with Crippen LogP contribution in [-0.4, -0.2) is 32.0 Å². The van der Waals surface area contributed by atoms with Crippen molar-refractivity contribution < 1.29 is 23.1 Å². The summed E-state index contributed by atoms with van der Waals surface area (Å²) in [5, 5.41) is 0. The van der Waals surface area contributed by atoms with Crippen molar-refractivity contribution in [2.75, 3.05) is 26.0 Å². The molecule has 1 aromatic carbocycles. The normalized spacial score (nSPS) is 11.3. The molecular weight excluding hydrogens is 267 g/mol. The highest BCUT2D eigenvalue weighted by Gasteiger charge is 2.23. The zero-order chi connectivity index (χ0) is 14.1. The van der Waals surface area contributed by atoms with Crippen molar-refractivity contribution in [1.82, 2.24) is 0 Å². The molecule has 0 aliphatic heterocycles. The summed E-state index contributed by atoms with van der Waals surface area (Å²) in [6.45, 7) is 4.07. The smallest absolute Gasteiger partial charge is 0.338 e. The Balaban J connectivity index is 2.44. The van der Waals surface area contributed by atoms with Crippen LogP contribution in [-0.2, 0) is 18.3 Å². The summed E-state index contributed by atoms with van der Waals surface area (Å²) in [7, 11) is -3.14. The molecule has 106 valence electrons. The molecule has 5 nitrogen and oxygen atoms in total. The number of carbonyl (C=O) groups excluding carboxylic acids is 1. The summed E-state index contributed by atoms with van der Waals surface area (Å²) < 4.78 is 27.3. The van der Waals surface area contributed by atoms with Crippen LogP contribution in [0.2, 0.25) is 0 Å². The van der Waals surface area contributed by atoms with Crippen LogP contribution in [0.15, 0.2) is 30.3 Å². The third kappa shape index (κ3) is 5.55. The van der Waals surface area contributed by atoms with E-state index in [0.29, 0.717) is 18.8 Å². The second-order valence-electron chi connectivity index (χ2n) is 3.67. The minimum atomic E-state index is -3.14. The Hall–Kier alpha value is -1.16. The maximum atomic E-state index is 12.1. The fourth-order valence-electron chi connectivity index (χ4n) is 1.47. The van der Waals surface area contributed by atoms with Crippen LogP contribution >= 0.6 is 7.60 Å². The molecule has 0 saturated heterocycles. The lowest BCUT2D eigenvalue weighted by molar-refractivity contribution is 0.0522. The van der Waals surface area contributed by atoms with E-state index < -0.39 is 13.6 Å². The van der Waals surface area contributed by atoms with Crippen LogP contribution < -0.4 is 0 Å². The van der Waals surface area contributed by atoms with E-state index in [2.05, 4.69) is 0 Å². The predicted molar refractivity (Wildman–Crippen MR) is 72.5 cm³/mol. The van der Waals surface area contributed by atoms with Gasteiger partial charge in [0.25, 0.3) is 0 Å². The number of hydrogen-bond donors (Lipinski definition) is 0. The Morgan fingerprint density at radius 3 is 2.21 bits per heavy atom. The summed E-state index contributed by atoms with van der Waals surface area (Å²) in [6.07, 6.45) is 0.0628. The Kier molecular flexibility index (Phi) is 6.78. The quantitative estimate of drug-likeness (QED) is 0.543. The van der Waals surface area contributed by atoms with Gasteiger partial charge in [0, 0.05) is 0 Å². The molecule has 1 aromatic rings. The zero-order valence-corrected chi connectivity index (χ0v) is 12.1. The van der Waals surface area contributed by atoms with Crippen molar-refractivity contribution in [3.8, 4) is 0 Å². The summed E-state index contributed by atoms with van der Waals surface area (Å²) in [6, 6.07) is 8.64. The number of carbonyl (C=O) groups is 1. The average molecular weight is 286 g/mol. The topological polar surface area (TPSA) is 61.8 Å². The monoisotopic (exact) mass is 286 g/mol. The Morgan fingerprint density at radius 2 is 1.68 bits per heavy atom. The second-order valence-corrected chi connectivity index (χ2v) is 5.86. The van der Waals surface area contributed by atoms with E-state index in [-0.39, 0.29) is 12.8 Å². The fourth-order valence-corrected chi connectivity index (χ4v) is 2.90. The van der Waals surface area contributed by atoms with Gasteiger partial charge in [0.1, 0.15) is 6.61 Å². The summed E-state index contributed by atoms with van der Waals surface area (Å²) in [4.78, 5) is 11.7. The van der Waals surface area contributed by atoms with Gasteiger partial charge in [-0.3, -0.25) is 4.57 Å². The molecule has 0 amide bonds. The standard InChI is InChI=1S/C13H19O5P/c1-3-17-19(15,18-4-2)11-10-16-13(14)12-8-6-5-7-9-12/h5-9H,3-4,10-11H2,1-2H3. The van der Waals surface area contributed by atoms with E-state index >= 15 is 0 Å². The molecule has 0 N–H and O–H groups in total. The van der Waals surface area contributed by atoms with Crippen LogP contribution in [0.5, 0.6) is 0 Å². The molecule has 0 bridgehead atoms. The molecule has 6 heteroatoms. The molecule has 0 aliphatic carbocycles. The van der Waals surface area contributed by atoms with Crippen LogP contribution in [0.4, 0.5) is 0 Å². The lowest BCUT2D eigenvalue weighted by atomic mass is 10.2. The van der Waals surface area contributed by atoms with E-state index in [1.165, 1.54) is 0 Å². The number of hydrogen-bond acceptors (Lipinski definition) is 5.